The van der Waals surface area contributed by atoms with Gasteiger partial charge >= 0.3 is 0 Å². The van der Waals surface area contributed by atoms with Crippen molar-refractivity contribution in [3.05, 3.63) is 36.4 Å². The highest BCUT2D eigenvalue weighted by atomic mass is 16.5. The molecule has 0 amide bonds. The first-order chi connectivity index (χ1) is 8.69. The lowest BCUT2D eigenvalue weighted by atomic mass is 10.1. The molecule has 1 atom stereocenters. The molecule has 18 heavy (non-hydrogen) atoms. The molecule has 1 heterocycles. The van der Waals surface area contributed by atoms with Crippen molar-refractivity contribution in [1.82, 2.24) is 4.98 Å². The molecule has 0 radical (unpaired) electrons. The Morgan fingerprint density at radius 3 is 2.61 bits per heavy atom. The molecule has 0 aliphatic rings. The summed E-state index contributed by atoms with van der Waals surface area (Å²) in [6.45, 7) is 4.61. The first-order valence-electron chi connectivity index (χ1n) is 5.97. The lowest BCUT2D eigenvalue weighted by Gasteiger charge is -2.14. The van der Waals surface area contributed by atoms with E-state index in [1.165, 1.54) is 0 Å². The van der Waals surface area contributed by atoms with Crippen LogP contribution in [0, 0.1) is 6.92 Å². The van der Waals surface area contributed by atoms with Crippen molar-refractivity contribution >= 4 is 5.69 Å². The molecule has 4 heteroatoms. The van der Waals surface area contributed by atoms with Crippen molar-refractivity contribution in [3.8, 4) is 11.3 Å². The highest BCUT2D eigenvalue weighted by Gasteiger charge is 2.04. The molecule has 1 aromatic carbocycles. The van der Waals surface area contributed by atoms with E-state index in [0.29, 0.717) is 12.5 Å². The van der Waals surface area contributed by atoms with Gasteiger partial charge in [0.1, 0.15) is 12.0 Å². The largest absolute Gasteiger partial charge is 0.449 e. The van der Waals surface area contributed by atoms with Gasteiger partial charge in [0.25, 0.3) is 0 Å². The first kappa shape index (κ1) is 12.6. The number of anilines is 1. The smallest absolute Gasteiger partial charge is 0.191 e. The Hall–Kier alpha value is -1.81. The molecule has 0 spiro atoms. The van der Waals surface area contributed by atoms with Gasteiger partial charge in [0.2, 0.25) is 0 Å². The minimum Gasteiger partial charge on any atom is -0.449 e. The molecule has 0 bridgehead atoms. The highest BCUT2D eigenvalue weighted by molar-refractivity contribution is 5.61. The zero-order valence-electron chi connectivity index (χ0n) is 10.9. The summed E-state index contributed by atoms with van der Waals surface area (Å²) in [5, 5.41) is 3.36. The van der Waals surface area contributed by atoms with Gasteiger partial charge in [-0.1, -0.05) is 12.1 Å². The third-order valence-electron chi connectivity index (χ3n) is 2.63. The van der Waals surface area contributed by atoms with Crippen molar-refractivity contribution in [2.24, 2.45) is 0 Å². The molecular formula is C14H18N2O2. The lowest BCUT2D eigenvalue weighted by molar-refractivity contribution is 0.190. The minimum absolute atomic E-state index is 0.287. The van der Waals surface area contributed by atoms with E-state index in [1.807, 2.05) is 31.2 Å². The Morgan fingerprint density at radius 1 is 1.33 bits per heavy atom. The van der Waals surface area contributed by atoms with Crippen LogP contribution in [0.25, 0.3) is 11.3 Å². The summed E-state index contributed by atoms with van der Waals surface area (Å²) >= 11 is 0. The van der Waals surface area contributed by atoms with Gasteiger partial charge in [0, 0.05) is 31.3 Å². The second-order valence-electron chi connectivity index (χ2n) is 4.33. The number of nitrogens with one attached hydrogen (secondary N) is 1. The molecule has 2 rings (SSSR count). The van der Waals surface area contributed by atoms with Gasteiger partial charge in [-0.2, -0.15) is 0 Å². The van der Waals surface area contributed by atoms with E-state index in [-0.39, 0.29) is 6.04 Å². The number of methoxy groups -OCH3 is 1. The fourth-order valence-corrected chi connectivity index (χ4v) is 1.81. The standard InChI is InChI=1S/C14H18N2O2/c1-10(8-17-3)15-13-6-4-12(5-7-13)14-9-18-11(2)16-14/h4-7,9-10,15H,8H2,1-3H3. The van der Waals surface area contributed by atoms with Crippen LogP contribution in [0.2, 0.25) is 0 Å². The van der Waals surface area contributed by atoms with Crippen LogP contribution in [0.15, 0.2) is 34.9 Å². The number of oxazole rings is 1. The number of aromatic nitrogens is 1. The van der Waals surface area contributed by atoms with Crippen LogP contribution < -0.4 is 5.32 Å². The Kier molecular flexibility index (Phi) is 3.99. The molecule has 0 aliphatic heterocycles. The minimum atomic E-state index is 0.287. The fourth-order valence-electron chi connectivity index (χ4n) is 1.81. The average molecular weight is 246 g/mol. The third-order valence-corrected chi connectivity index (χ3v) is 2.63. The van der Waals surface area contributed by atoms with E-state index in [2.05, 4.69) is 17.2 Å². The maximum atomic E-state index is 5.20. The van der Waals surface area contributed by atoms with E-state index in [4.69, 9.17) is 9.15 Å². The van der Waals surface area contributed by atoms with Crippen LogP contribution in [-0.2, 0) is 4.74 Å². The molecular weight excluding hydrogens is 228 g/mol. The number of rotatable bonds is 5. The van der Waals surface area contributed by atoms with Crippen LogP contribution in [0.4, 0.5) is 5.69 Å². The second-order valence-corrected chi connectivity index (χ2v) is 4.33. The number of ether oxygens (including phenoxy) is 1. The quantitative estimate of drug-likeness (QED) is 0.880. The Labute approximate surface area is 107 Å². The van der Waals surface area contributed by atoms with Crippen LogP contribution >= 0.6 is 0 Å². The summed E-state index contributed by atoms with van der Waals surface area (Å²) in [4.78, 5) is 4.29. The van der Waals surface area contributed by atoms with Crippen molar-refractivity contribution in [1.29, 1.82) is 0 Å². The van der Waals surface area contributed by atoms with E-state index >= 15 is 0 Å². The lowest BCUT2D eigenvalue weighted by Crippen LogP contribution is -2.20. The van der Waals surface area contributed by atoms with Crippen LogP contribution in [0.5, 0.6) is 0 Å². The van der Waals surface area contributed by atoms with E-state index in [0.717, 1.165) is 16.9 Å². The molecule has 4 nitrogen and oxygen atoms in total. The molecule has 1 unspecified atom stereocenters. The first-order valence-corrected chi connectivity index (χ1v) is 5.97. The SMILES string of the molecule is COCC(C)Nc1ccc(-c2coc(C)n2)cc1. The van der Waals surface area contributed by atoms with Crippen molar-refractivity contribution in [3.63, 3.8) is 0 Å². The summed E-state index contributed by atoms with van der Waals surface area (Å²) in [5.41, 5.74) is 2.99. The van der Waals surface area contributed by atoms with Gasteiger partial charge in [0.15, 0.2) is 5.89 Å². The summed E-state index contributed by atoms with van der Waals surface area (Å²) in [6.07, 6.45) is 1.67. The van der Waals surface area contributed by atoms with Crippen LogP contribution in [0.3, 0.4) is 0 Å². The molecule has 0 saturated carbocycles. The molecule has 96 valence electrons. The average Bonchev–Trinajstić information content (AvgIpc) is 2.77. The monoisotopic (exact) mass is 246 g/mol. The molecule has 0 fully saturated rings. The molecule has 1 N–H and O–H groups in total. The van der Waals surface area contributed by atoms with Crippen LogP contribution in [0.1, 0.15) is 12.8 Å². The van der Waals surface area contributed by atoms with E-state index in [9.17, 15) is 0 Å². The van der Waals surface area contributed by atoms with Gasteiger partial charge in [0.05, 0.1) is 6.61 Å². The normalized spacial score (nSPS) is 12.4. The van der Waals surface area contributed by atoms with Gasteiger partial charge in [-0.05, 0) is 19.1 Å². The van der Waals surface area contributed by atoms with Gasteiger partial charge in [-0.3, -0.25) is 0 Å². The molecule has 0 saturated heterocycles. The number of benzene rings is 1. The van der Waals surface area contributed by atoms with Crippen molar-refractivity contribution < 1.29 is 9.15 Å². The van der Waals surface area contributed by atoms with Gasteiger partial charge < -0.3 is 14.5 Å². The topological polar surface area (TPSA) is 47.3 Å². The Balaban J connectivity index is 2.06. The van der Waals surface area contributed by atoms with Crippen molar-refractivity contribution in [2.45, 2.75) is 19.9 Å². The molecule has 2 aromatic rings. The number of nitrogens with zero attached hydrogens (tertiary/aromatic N) is 1. The molecule has 0 aliphatic carbocycles. The zero-order chi connectivity index (χ0) is 13.0. The van der Waals surface area contributed by atoms with Gasteiger partial charge in [-0.15, -0.1) is 0 Å². The second kappa shape index (κ2) is 5.69. The maximum Gasteiger partial charge on any atom is 0.191 e. The molecule has 1 aromatic heterocycles. The zero-order valence-corrected chi connectivity index (χ0v) is 10.9. The predicted molar refractivity (Wildman–Crippen MR) is 71.6 cm³/mol. The third kappa shape index (κ3) is 3.11. The maximum absolute atomic E-state index is 5.20. The van der Waals surface area contributed by atoms with E-state index < -0.39 is 0 Å². The number of aryl methyl sites for hydroxylation is 1. The number of hydrogen-bond donors (Lipinski definition) is 1. The van der Waals surface area contributed by atoms with Gasteiger partial charge in [-0.25, -0.2) is 4.98 Å². The summed E-state index contributed by atoms with van der Waals surface area (Å²) in [7, 11) is 1.70. The summed E-state index contributed by atoms with van der Waals surface area (Å²) in [5.74, 6) is 0.681. The summed E-state index contributed by atoms with van der Waals surface area (Å²) in [6, 6.07) is 8.41. The van der Waals surface area contributed by atoms with Crippen LogP contribution in [-0.4, -0.2) is 24.7 Å². The number of hydrogen-bond acceptors (Lipinski definition) is 4. The predicted octanol–water partition coefficient (Wildman–Crippen LogP) is 3.10. The Bertz CT molecular complexity index is 491. The summed E-state index contributed by atoms with van der Waals surface area (Å²) < 4.78 is 10.3. The Morgan fingerprint density at radius 2 is 2.06 bits per heavy atom. The van der Waals surface area contributed by atoms with E-state index in [1.54, 1.807) is 13.4 Å². The van der Waals surface area contributed by atoms with Crippen molar-refractivity contribution in [2.75, 3.05) is 19.0 Å². The fraction of sp³-hybridized carbons (Fsp3) is 0.357. The highest BCUT2D eigenvalue weighted by Crippen LogP contribution is 2.20.